The number of nitrogens with two attached hydrogens (primary N) is 1. The summed E-state index contributed by atoms with van der Waals surface area (Å²) < 4.78 is 79.3. The number of amides is 2. The van der Waals surface area contributed by atoms with Crippen LogP contribution in [0.25, 0.3) is 10.9 Å². The smallest absolute Gasteiger partial charge is 0.264 e. The maximum Gasteiger partial charge on any atom is 0.264 e. The molecule has 1 aliphatic heterocycles. The summed E-state index contributed by atoms with van der Waals surface area (Å²) in [7, 11) is 0. The van der Waals surface area contributed by atoms with E-state index in [2.05, 4.69) is 4.98 Å². The Morgan fingerprint density at radius 3 is 3.00 bits per heavy atom. The van der Waals surface area contributed by atoms with E-state index in [1.807, 2.05) is 0 Å². The van der Waals surface area contributed by atoms with Gasteiger partial charge in [0.1, 0.15) is 11.4 Å². The van der Waals surface area contributed by atoms with Crippen molar-refractivity contribution < 1.29 is 23.3 Å². The summed E-state index contributed by atoms with van der Waals surface area (Å²) in [6.07, 6.45) is -7.61. The number of carbonyl (C=O) groups is 2. The molecule has 3 rings (SSSR count). The third-order valence-electron chi connectivity index (χ3n) is 3.18. The fourth-order valence-electron chi connectivity index (χ4n) is 2.15. The number of nitrogen functional groups attached to an aromatic ring is 1. The Hall–Kier alpha value is -2.70. The van der Waals surface area contributed by atoms with Gasteiger partial charge in [0.15, 0.2) is 0 Å². The van der Waals surface area contributed by atoms with E-state index in [-0.39, 0.29) is 15.8 Å². The standard InChI is InChI=1S/C15H16N4O3/c1-8-17-10-5-3-4-9(16)12(10)13(21)19(8)15(2)7-6-11(20)18-14(15)22/h3-5H,6-7,16H2,1-2H3,(H,18,20,22)/t15-/m0/s1/i1D3,2D3,6D2,7D2. The second-order valence-corrected chi connectivity index (χ2v) is 4.56. The van der Waals surface area contributed by atoms with Crippen LogP contribution in [0.1, 0.15) is 39.1 Å². The lowest BCUT2D eigenvalue weighted by atomic mass is 9.90. The maximum absolute atomic E-state index is 13.5. The Kier molecular flexibility index (Phi) is 1.40. The van der Waals surface area contributed by atoms with Gasteiger partial charge in [0.2, 0.25) is 5.91 Å². The van der Waals surface area contributed by atoms with E-state index in [4.69, 9.17) is 19.4 Å². The third-order valence-corrected chi connectivity index (χ3v) is 3.18. The molecule has 22 heavy (non-hydrogen) atoms. The highest BCUT2D eigenvalue weighted by molar-refractivity contribution is 6.01. The predicted octanol–water partition coefficient (Wildman–Crippen LogP) is 0.439. The number of anilines is 1. The summed E-state index contributed by atoms with van der Waals surface area (Å²) in [5.41, 5.74) is -0.0898. The van der Waals surface area contributed by atoms with Gasteiger partial charge in [-0.3, -0.25) is 24.3 Å². The number of piperidine rings is 1. The minimum atomic E-state index is -3.94. The Labute approximate surface area is 140 Å². The van der Waals surface area contributed by atoms with Gasteiger partial charge in [-0.25, -0.2) is 4.98 Å². The molecule has 1 saturated heterocycles. The van der Waals surface area contributed by atoms with Crippen LogP contribution in [0.3, 0.4) is 0 Å². The zero-order valence-corrected chi connectivity index (χ0v) is 10.9. The summed E-state index contributed by atoms with van der Waals surface area (Å²) in [5, 5.41) is 0.925. The lowest BCUT2D eigenvalue weighted by Crippen LogP contribution is -2.56. The number of rotatable bonds is 1. The summed E-state index contributed by atoms with van der Waals surface area (Å²) in [6, 6.07) is 3.75. The van der Waals surface area contributed by atoms with Crippen molar-refractivity contribution in [2.24, 2.45) is 0 Å². The number of hydrogen-bond donors (Lipinski definition) is 2. The van der Waals surface area contributed by atoms with Crippen LogP contribution in [0, 0.1) is 6.85 Å². The molecular formula is C15H16N4O3. The normalized spacial score (nSPS) is 34.4. The van der Waals surface area contributed by atoms with Crippen molar-refractivity contribution in [3.05, 3.63) is 34.4 Å². The number of nitrogens with zero attached hydrogens (tertiary/aromatic N) is 2. The number of carbonyl (C=O) groups excluding carboxylic acids is 2. The highest BCUT2D eigenvalue weighted by Crippen LogP contribution is 2.27. The largest absolute Gasteiger partial charge is 0.398 e. The van der Waals surface area contributed by atoms with Gasteiger partial charge in [-0.1, -0.05) is 6.07 Å². The first-order valence-corrected chi connectivity index (χ1v) is 6.01. The second-order valence-electron chi connectivity index (χ2n) is 4.56. The molecular weight excluding hydrogens is 284 g/mol. The van der Waals surface area contributed by atoms with Crippen LogP contribution in [0.2, 0.25) is 0 Å². The first-order valence-electron chi connectivity index (χ1n) is 11.0. The fourth-order valence-corrected chi connectivity index (χ4v) is 2.15. The van der Waals surface area contributed by atoms with Gasteiger partial charge in [-0.15, -0.1) is 0 Å². The Bertz CT molecular complexity index is 1220. The second kappa shape index (κ2) is 4.66. The zero-order valence-electron chi connectivity index (χ0n) is 20.9. The molecule has 1 fully saturated rings. The van der Waals surface area contributed by atoms with Gasteiger partial charge in [-0.05, 0) is 32.2 Å². The quantitative estimate of drug-likeness (QED) is 0.587. The number of aromatic nitrogens is 2. The van der Waals surface area contributed by atoms with Crippen molar-refractivity contribution in [2.45, 2.75) is 32.0 Å². The first-order chi connectivity index (χ1) is 14.3. The Morgan fingerprint density at radius 1 is 1.45 bits per heavy atom. The lowest BCUT2D eigenvalue weighted by molar-refractivity contribution is -0.140. The molecule has 0 aliphatic carbocycles. The van der Waals surface area contributed by atoms with Gasteiger partial charge in [-0.2, -0.15) is 0 Å². The molecule has 0 saturated carbocycles. The maximum atomic E-state index is 13.5. The highest BCUT2D eigenvalue weighted by atomic mass is 16.2. The van der Waals surface area contributed by atoms with E-state index in [1.54, 1.807) is 0 Å². The monoisotopic (exact) mass is 310 g/mol. The van der Waals surface area contributed by atoms with Crippen LogP contribution in [-0.2, 0) is 15.1 Å². The molecule has 1 aliphatic rings. The van der Waals surface area contributed by atoms with Crippen LogP contribution in [-0.4, -0.2) is 21.4 Å². The van der Waals surface area contributed by atoms with E-state index >= 15 is 0 Å². The molecule has 0 bridgehead atoms. The number of imide groups is 1. The lowest BCUT2D eigenvalue weighted by Gasteiger charge is -2.34. The van der Waals surface area contributed by atoms with Crippen LogP contribution >= 0.6 is 0 Å². The van der Waals surface area contributed by atoms with Crippen molar-refractivity contribution in [2.75, 3.05) is 5.73 Å². The van der Waals surface area contributed by atoms with Crippen LogP contribution in [0.15, 0.2) is 23.0 Å². The van der Waals surface area contributed by atoms with Crippen LogP contribution in [0.4, 0.5) is 5.69 Å². The van der Waals surface area contributed by atoms with Gasteiger partial charge in [0, 0.05) is 25.8 Å². The fraction of sp³-hybridized carbons (Fsp3) is 0.333. The number of aryl methyl sites for hydroxylation is 1. The van der Waals surface area contributed by atoms with Crippen molar-refractivity contribution in [1.29, 1.82) is 0 Å². The summed E-state index contributed by atoms with van der Waals surface area (Å²) in [4.78, 5) is 42.4. The van der Waals surface area contributed by atoms with E-state index < -0.39 is 60.6 Å². The van der Waals surface area contributed by atoms with Crippen molar-refractivity contribution in [1.82, 2.24) is 14.9 Å². The summed E-state index contributed by atoms with van der Waals surface area (Å²) in [6.45, 7) is -7.24. The molecule has 1 aromatic heterocycles. The van der Waals surface area contributed by atoms with Gasteiger partial charge in [0.05, 0.1) is 10.9 Å². The minimum absolute atomic E-state index is 0.189. The van der Waals surface area contributed by atoms with Crippen molar-refractivity contribution >= 4 is 28.4 Å². The molecule has 2 aromatic rings. The Balaban J connectivity index is 2.71. The molecule has 2 heterocycles. The topological polar surface area (TPSA) is 107 Å². The molecule has 0 spiro atoms. The summed E-state index contributed by atoms with van der Waals surface area (Å²) in [5.74, 6) is -5.00. The molecule has 7 heteroatoms. The first kappa shape index (κ1) is 6.60. The van der Waals surface area contributed by atoms with Crippen molar-refractivity contribution in [3.63, 3.8) is 0 Å². The van der Waals surface area contributed by atoms with Gasteiger partial charge in [0.25, 0.3) is 11.5 Å². The van der Waals surface area contributed by atoms with Crippen LogP contribution < -0.4 is 16.6 Å². The van der Waals surface area contributed by atoms with Crippen LogP contribution in [0.5, 0.6) is 0 Å². The molecule has 7 nitrogen and oxygen atoms in total. The molecule has 2 amide bonds. The van der Waals surface area contributed by atoms with E-state index in [0.717, 1.165) is 0 Å². The number of hydrogen-bond acceptors (Lipinski definition) is 5. The molecule has 114 valence electrons. The molecule has 0 radical (unpaired) electrons. The molecule has 0 unspecified atom stereocenters. The molecule has 1 atom stereocenters. The average Bonchev–Trinajstić information content (AvgIpc) is 2.60. The van der Waals surface area contributed by atoms with Crippen molar-refractivity contribution in [3.8, 4) is 0 Å². The number of nitrogens with one attached hydrogen (secondary N) is 1. The summed E-state index contributed by atoms with van der Waals surface area (Å²) >= 11 is 0. The van der Waals surface area contributed by atoms with E-state index in [1.165, 1.54) is 23.5 Å². The number of fused-ring (bicyclic) bond motifs is 1. The number of benzene rings is 1. The van der Waals surface area contributed by atoms with E-state index in [0.29, 0.717) is 0 Å². The van der Waals surface area contributed by atoms with Gasteiger partial charge < -0.3 is 5.73 Å². The molecule has 3 N–H and O–H groups in total. The zero-order chi connectivity index (χ0) is 24.7. The average molecular weight is 310 g/mol. The third kappa shape index (κ3) is 1.89. The molecule has 1 aromatic carbocycles. The minimum Gasteiger partial charge on any atom is -0.398 e. The highest BCUT2D eigenvalue weighted by Gasteiger charge is 2.42. The Morgan fingerprint density at radius 2 is 2.27 bits per heavy atom. The van der Waals surface area contributed by atoms with Gasteiger partial charge >= 0.3 is 0 Å². The van der Waals surface area contributed by atoms with E-state index in [9.17, 15) is 14.4 Å². The SMILES string of the molecule is [2H]C([2H])([2H])c1nc2cccc(N)c2c(=O)n1[C@]1(C([2H])([2H])[2H])C(=O)NC(=O)C([2H])([2H])C1([2H])[2H]. The predicted molar refractivity (Wildman–Crippen MR) is 81.2 cm³/mol.